The lowest BCUT2D eigenvalue weighted by Crippen LogP contribution is -2.21. The van der Waals surface area contributed by atoms with E-state index in [9.17, 15) is 13.2 Å². The van der Waals surface area contributed by atoms with Crippen molar-refractivity contribution in [1.82, 2.24) is 19.6 Å². The number of rotatable bonds is 5. The van der Waals surface area contributed by atoms with Crippen molar-refractivity contribution in [3.63, 3.8) is 0 Å². The average Bonchev–Trinajstić information content (AvgIpc) is 3.33. The highest BCUT2D eigenvalue weighted by molar-refractivity contribution is 7.91. The SMILES string of the molecule is Cc1cc(NC(=O)Cc2c(C)nn(-c3ccccc3)c2C)n([C@@H]2CCS(=O)(=O)C2)n1. The molecule has 1 saturated heterocycles. The molecule has 0 unspecified atom stereocenters. The van der Waals surface area contributed by atoms with E-state index in [0.717, 1.165) is 28.3 Å². The Hall–Kier alpha value is -2.94. The van der Waals surface area contributed by atoms with Gasteiger partial charge in [0.2, 0.25) is 5.91 Å². The molecule has 0 aliphatic carbocycles. The Kier molecular flexibility index (Phi) is 5.23. The monoisotopic (exact) mass is 427 g/mol. The summed E-state index contributed by atoms with van der Waals surface area (Å²) in [6.07, 6.45) is 0.687. The maximum Gasteiger partial charge on any atom is 0.230 e. The fourth-order valence-corrected chi connectivity index (χ4v) is 5.65. The first-order valence-corrected chi connectivity index (χ1v) is 11.7. The molecule has 3 heterocycles. The molecule has 30 heavy (non-hydrogen) atoms. The van der Waals surface area contributed by atoms with E-state index in [1.165, 1.54) is 0 Å². The molecule has 8 nitrogen and oxygen atoms in total. The van der Waals surface area contributed by atoms with Gasteiger partial charge in [-0.25, -0.2) is 17.8 Å². The van der Waals surface area contributed by atoms with Gasteiger partial charge < -0.3 is 5.32 Å². The number of carbonyl (C=O) groups excluding carboxylic acids is 1. The van der Waals surface area contributed by atoms with Crippen LogP contribution in [0.1, 0.15) is 35.1 Å². The van der Waals surface area contributed by atoms with Gasteiger partial charge in [-0.05, 0) is 39.3 Å². The third kappa shape index (κ3) is 4.02. The van der Waals surface area contributed by atoms with Crippen molar-refractivity contribution in [2.24, 2.45) is 0 Å². The zero-order chi connectivity index (χ0) is 21.5. The molecule has 1 aliphatic heterocycles. The van der Waals surface area contributed by atoms with Crippen molar-refractivity contribution in [1.29, 1.82) is 0 Å². The van der Waals surface area contributed by atoms with Gasteiger partial charge in [0.15, 0.2) is 9.84 Å². The minimum Gasteiger partial charge on any atom is -0.311 e. The van der Waals surface area contributed by atoms with Crippen LogP contribution >= 0.6 is 0 Å². The summed E-state index contributed by atoms with van der Waals surface area (Å²) in [5.74, 6) is 0.557. The molecular formula is C21H25N5O3S. The van der Waals surface area contributed by atoms with Crippen LogP contribution in [0.5, 0.6) is 0 Å². The summed E-state index contributed by atoms with van der Waals surface area (Å²) in [5.41, 5.74) is 4.28. The third-order valence-electron chi connectivity index (χ3n) is 5.46. The standard InChI is InChI=1S/C21H25N5O3S/c1-14-11-20(26(23-14)18-9-10-30(28,29)13-18)22-21(27)12-19-15(2)24-25(16(19)3)17-7-5-4-6-8-17/h4-8,11,18H,9-10,12-13H2,1-3H3,(H,22,27)/t18-/m1/s1. The Morgan fingerprint density at radius 2 is 1.90 bits per heavy atom. The Balaban J connectivity index is 1.54. The van der Waals surface area contributed by atoms with Gasteiger partial charge in [0.1, 0.15) is 5.82 Å². The molecule has 3 aromatic rings. The van der Waals surface area contributed by atoms with Crippen LogP contribution in [0.2, 0.25) is 0 Å². The molecule has 1 atom stereocenters. The van der Waals surface area contributed by atoms with Gasteiger partial charge in [-0.1, -0.05) is 18.2 Å². The van der Waals surface area contributed by atoms with Gasteiger partial charge in [0, 0.05) is 17.3 Å². The fourth-order valence-electron chi connectivity index (χ4n) is 3.96. The van der Waals surface area contributed by atoms with E-state index in [4.69, 9.17) is 0 Å². The van der Waals surface area contributed by atoms with E-state index in [0.29, 0.717) is 12.2 Å². The summed E-state index contributed by atoms with van der Waals surface area (Å²) in [6.45, 7) is 5.67. The van der Waals surface area contributed by atoms with E-state index in [2.05, 4.69) is 15.5 Å². The molecule has 1 aromatic carbocycles. The number of aryl methyl sites for hydroxylation is 2. The lowest BCUT2D eigenvalue weighted by molar-refractivity contribution is -0.115. The number of nitrogens with one attached hydrogen (secondary N) is 1. The van der Waals surface area contributed by atoms with Crippen LogP contribution in [0.25, 0.3) is 5.69 Å². The van der Waals surface area contributed by atoms with Gasteiger partial charge in [-0.15, -0.1) is 0 Å². The highest BCUT2D eigenvalue weighted by Crippen LogP contribution is 2.27. The molecule has 1 fully saturated rings. The molecule has 1 aliphatic rings. The summed E-state index contributed by atoms with van der Waals surface area (Å²) < 4.78 is 27.2. The topological polar surface area (TPSA) is 98.9 Å². The van der Waals surface area contributed by atoms with Crippen LogP contribution in [-0.4, -0.2) is 45.4 Å². The predicted molar refractivity (Wildman–Crippen MR) is 115 cm³/mol. The van der Waals surface area contributed by atoms with Crippen molar-refractivity contribution in [3.05, 3.63) is 59.0 Å². The Labute approximate surface area is 175 Å². The van der Waals surface area contributed by atoms with Crippen LogP contribution in [0.4, 0.5) is 5.82 Å². The van der Waals surface area contributed by atoms with Crippen molar-refractivity contribution < 1.29 is 13.2 Å². The highest BCUT2D eigenvalue weighted by atomic mass is 32.2. The number of para-hydroxylation sites is 1. The minimum absolute atomic E-state index is 0.0546. The normalized spacial score (nSPS) is 17.9. The molecule has 4 rings (SSSR count). The lowest BCUT2D eigenvalue weighted by Gasteiger charge is -2.14. The number of hydrogen-bond donors (Lipinski definition) is 1. The van der Waals surface area contributed by atoms with E-state index in [1.807, 2.05) is 55.8 Å². The smallest absolute Gasteiger partial charge is 0.230 e. The zero-order valence-corrected chi connectivity index (χ0v) is 18.1. The van der Waals surface area contributed by atoms with Gasteiger partial charge in [0.05, 0.1) is 41.0 Å². The summed E-state index contributed by atoms with van der Waals surface area (Å²) in [4.78, 5) is 12.8. The molecule has 158 valence electrons. The Morgan fingerprint density at radius 3 is 2.57 bits per heavy atom. The van der Waals surface area contributed by atoms with Gasteiger partial charge in [-0.2, -0.15) is 10.2 Å². The van der Waals surface area contributed by atoms with Crippen molar-refractivity contribution in [2.45, 2.75) is 39.7 Å². The quantitative estimate of drug-likeness (QED) is 0.675. The van der Waals surface area contributed by atoms with Crippen LogP contribution < -0.4 is 5.32 Å². The maximum absolute atomic E-state index is 12.8. The molecular weight excluding hydrogens is 402 g/mol. The van der Waals surface area contributed by atoms with Crippen LogP contribution in [-0.2, 0) is 21.1 Å². The van der Waals surface area contributed by atoms with Crippen LogP contribution in [0, 0.1) is 20.8 Å². The summed E-state index contributed by atoms with van der Waals surface area (Å²) in [5, 5.41) is 11.9. The fraction of sp³-hybridized carbons (Fsp3) is 0.381. The summed E-state index contributed by atoms with van der Waals surface area (Å²) in [6, 6.07) is 11.3. The van der Waals surface area contributed by atoms with Gasteiger partial charge in [0.25, 0.3) is 0 Å². The number of nitrogens with zero attached hydrogens (tertiary/aromatic N) is 4. The van der Waals surface area contributed by atoms with E-state index >= 15 is 0 Å². The Bertz CT molecular complexity index is 1190. The van der Waals surface area contributed by atoms with Crippen molar-refractivity contribution >= 4 is 21.6 Å². The number of hydrogen-bond acceptors (Lipinski definition) is 5. The number of aromatic nitrogens is 4. The molecule has 0 spiro atoms. The average molecular weight is 428 g/mol. The van der Waals surface area contributed by atoms with Crippen LogP contribution in [0.3, 0.4) is 0 Å². The molecule has 1 N–H and O–H groups in total. The molecule has 0 bridgehead atoms. The van der Waals surface area contributed by atoms with Gasteiger partial charge >= 0.3 is 0 Å². The molecule has 2 aromatic heterocycles. The first-order valence-electron chi connectivity index (χ1n) is 9.90. The number of benzene rings is 1. The lowest BCUT2D eigenvalue weighted by atomic mass is 10.1. The number of sulfone groups is 1. The molecule has 0 saturated carbocycles. The van der Waals surface area contributed by atoms with E-state index < -0.39 is 9.84 Å². The predicted octanol–water partition coefficient (Wildman–Crippen LogP) is 2.53. The molecule has 1 amide bonds. The Morgan fingerprint density at radius 1 is 1.17 bits per heavy atom. The molecule has 0 radical (unpaired) electrons. The summed E-state index contributed by atoms with van der Waals surface area (Å²) in [7, 11) is -3.05. The van der Waals surface area contributed by atoms with Crippen molar-refractivity contribution in [3.8, 4) is 5.69 Å². The first kappa shape index (κ1) is 20.3. The van der Waals surface area contributed by atoms with Crippen molar-refractivity contribution in [2.75, 3.05) is 16.8 Å². The minimum atomic E-state index is -3.05. The maximum atomic E-state index is 12.8. The first-order chi connectivity index (χ1) is 14.2. The highest BCUT2D eigenvalue weighted by Gasteiger charge is 2.31. The number of amides is 1. The largest absolute Gasteiger partial charge is 0.311 e. The number of anilines is 1. The zero-order valence-electron chi connectivity index (χ0n) is 17.3. The van der Waals surface area contributed by atoms with Gasteiger partial charge in [-0.3, -0.25) is 4.79 Å². The second kappa shape index (κ2) is 7.71. The second-order valence-corrected chi connectivity index (χ2v) is 10.0. The number of carbonyl (C=O) groups is 1. The third-order valence-corrected chi connectivity index (χ3v) is 7.21. The molecule has 9 heteroatoms. The summed E-state index contributed by atoms with van der Waals surface area (Å²) >= 11 is 0. The second-order valence-electron chi connectivity index (χ2n) is 7.79. The van der Waals surface area contributed by atoms with Crippen LogP contribution in [0.15, 0.2) is 36.4 Å². The van der Waals surface area contributed by atoms with E-state index in [1.54, 1.807) is 10.7 Å². The van der Waals surface area contributed by atoms with E-state index in [-0.39, 0.29) is 29.9 Å².